The number of Topliss-reactive ketones (excluding diaryl/α,β-unsaturated/α-hetero) is 1. The molecule has 0 bridgehead atoms. The molecule has 62 valence electrons. The van der Waals surface area contributed by atoms with Gasteiger partial charge in [-0.25, -0.2) is 0 Å². The van der Waals surface area contributed by atoms with Gasteiger partial charge >= 0.3 is 0 Å². The number of hydrogen-bond donors (Lipinski definition) is 1. The second-order valence-electron chi connectivity index (χ2n) is 2.84. The quantitative estimate of drug-likeness (QED) is 0.668. The van der Waals surface area contributed by atoms with Crippen LogP contribution in [0.4, 0.5) is 0 Å². The first-order valence-electron chi connectivity index (χ1n) is 3.73. The highest BCUT2D eigenvalue weighted by Gasteiger charge is 2.24. The molecule has 1 aromatic rings. The maximum absolute atomic E-state index is 11.2. The monoisotopic (exact) mass is 182 g/mol. The minimum atomic E-state index is 0.0332. The largest absolute Gasteiger partial charge is 0.508 e. The van der Waals surface area contributed by atoms with Crippen molar-refractivity contribution in [1.82, 2.24) is 0 Å². The normalized spacial score (nSPS) is 14.9. The fraction of sp³-hybridized carbons (Fsp3) is 0.222. The van der Waals surface area contributed by atoms with Gasteiger partial charge in [-0.05, 0) is 18.6 Å². The van der Waals surface area contributed by atoms with Crippen LogP contribution in [-0.2, 0) is 6.42 Å². The fourth-order valence-corrected chi connectivity index (χ4v) is 1.81. The minimum absolute atomic E-state index is 0.0332. The molecule has 2 nitrogen and oxygen atoms in total. The van der Waals surface area contributed by atoms with Crippen molar-refractivity contribution in [2.24, 2.45) is 0 Å². The van der Waals surface area contributed by atoms with Gasteiger partial charge in [-0.1, -0.05) is 11.6 Å². The first kappa shape index (κ1) is 7.62. The Kier molecular flexibility index (Phi) is 1.58. The number of carbonyl (C=O) groups is 1. The molecule has 1 N–H and O–H groups in total. The van der Waals surface area contributed by atoms with Gasteiger partial charge in [0.05, 0.1) is 5.02 Å². The van der Waals surface area contributed by atoms with Crippen molar-refractivity contribution in [3.05, 3.63) is 28.3 Å². The molecule has 0 fully saturated rings. The summed E-state index contributed by atoms with van der Waals surface area (Å²) in [5.74, 6) is 0.214. The van der Waals surface area contributed by atoms with Crippen LogP contribution in [0.25, 0.3) is 0 Å². The van der Waals surface area contributed by atoms with Crippen LogP contribution in [0.15, 0.2) is 12.1 Å². The first-order valence-corrected chi connectivity index (χ1v) is 4.11. The van der Waals surface area contributed by atoms with Crippen LogP contribution >= 0.6 is 11.6 Å². The van der Waals surface area contributed by atoms with Gasteiger partial charge in [-0.3, -0.25) is 4.79 Å². The van der Waals surface area contributed by atoms with Crippen molar-refractivity contribution < 1.29 is 9.90 Å². The molecule has 0 atom stereocenters. The standard InChI is InChI=1S/C9H7ClO2/c10-6-2-4-7(11)5-1-3-8(12)9(5)6/h2,4,11H,1,3H2. The number of aromatic hydroxyl groups is 1. The molecule has 0 aliphatic heterocycles. The number of benzene rings is 1. The highest BCUT2D eigenvalue weighted by Crippen LogP contribution is 2.34. The lowest BCUT2D eigenvalue weighted by atomic mass is 10.1. The summed E-state index contributed by atoms with van der Waals surface area (Å²) in [5, 5.41) is 9.81. The molecule has 0 radical (unpaired) electrons. The van der Waals surface area contributed by atoms with E-state index < -0.39 is 0 Å². The van der Waals surface area contributed by atoms with Gasteiger partial charge in [-0.2, -0.15) is 0 Å². The van der Waals surface area contributed by atoms with E-state index in [4.69, 9.17) is 11.6 Å². The number of fused-ring (bicyclic) bond motifs is 1. The Morgan fingerprint density at radius 1 is 1.33 bits per heavy atom. The summed E-state index contributed by atoms with van der Waals surface area (Å²) >= 11 is 5.80. The maximum Gasteiger partial charge on any atom is 0.165 e. The average molecular weight is 183 g/mol. The van der Waals surface area contributed by atoms with Crippen molar-refractivity contribution in [2.45, 2.75) is 12.8 Å². The average Bonchev–Trinajstić information content (AvgIpc) is 2.42. The first-order chi connectivity index (χ1) is 5.70. The number of ketones is 1. The van der Waals surface area contributed by atoms with Crippen molar-refractivity contribution in [1.29, 1.82) is 0 Å². The summed E-state index contributed by atoms with van der Waals surface area (Å²) in [7, 11) is 0. The number of phenols is 1. The molecule has 1 aliphatic rings. The zero-order valence-electron chi connectivity index (χ0n) is 6.30. The Morgan fingerprint density at radius 2 is 2.08 bits per heavy atom. The zero-order chi connectivity index (χ0) is 8.72. The van der Waals surface area contributed by atoms with Crippen molar-refractivity contribution in [3.8, 4) is 5.75 Å². The summed E-state index contributed by atoms with van der Waals surface area (Å²) in [6.45, 7) is 0. The summed E-state index contributed by atoms with van der Waals surface area (Å²) < 4.78 is 0. The molecule has 0 amide bonds. The van der Waals surface area contributed by atoms with E-state index in [1.54, 1.807) is 6.07 Å². The summed E-state index contributed by atoms with van der Waals surface area (Å²) in [5.41, 5.74) is 1.21. The third-order valence-corrected chi connectivity index (χ3v) is 2.43. The molecule has 12 heavy (non-hydrogen) atoms. The van der Waals surface area contributed by atoms with E-state index in [2.05, 4.69) is 0 Å². The second kappa shape index (κ2) is 2.49. The highest BCUT2D eigenvalue weighted by atomic mass is 35.5. The van der Waals surface area contributed by atoms with E-state index in [1.807, 2.05) is 0 Å². The second-order valence-corrected chi connectivity index (χ2v) is 3.25. The summed E-state index contributed by atoms with van der Waals surface area (Å²) in [4.78, 5) is 11.2. The van der Waals surface area contributed by atoms with E-state index >= 15 is 0 Å². The molecule has 1 aliphatic carbocycles. The fourth-order valence-electron chi connectivity index (χ4n) is 1.53. The van der Waals surface area contributed by atoms with E-state index in [1.165, 1.54) is 6.07 Å². The molecule has 0 spiro atoms. The number of hydrogen-bond acceptors (Lipinski definition) is 2. The van der Waals surface area contributed by atoms with Gasteiger partial charge in [0.2, 0.25) is 0 Å². The van der Waals surface area contributed by atoms with Gasteiger partial charge in [0.15, 0.2) is 5.78 Å². The molecular formula is C9H7ClO2. The molecule has 0 heterocycles. The van der Waals surface area contributed by atoms with Crippen molar-refractivity contribution >= 4 is 17.4 Å². The molecule has 1 aromatic carbocycles. The smallest absolute Gasteiger partial charge is 0.165 e. The highest BCUT2D eigenvalue weighted by molar-refractivity contribution is 6.34. The molecular weight excluding hydrogens is 176 g/mol. The summed E-state index contributed by atoms with van der Waals surface area (Å²) in [6.07, 6.45) is 1.08. The van der Waals surface area contributed by atoms with E-state index in [0.29, 0.717) is 29.0 Å². The van der Waals surface area contributed by atoms with Gasteiger partial charge in [-0.15, -0.1) is 0 Å². The van der Waals surface area contributed by atoms with Crippen LogP contribution in [0.5, 0.6) is 5.75 Å². The number of halogens is 1. The van der Waals surface area contributed by atoms with Crippen LogP contribution < -0.4 is 0 Å². The number of rotatable bonds is 0. The Labute approximate surface area is 74.8 Å². The molecule has 0 saturated heterocycles. The van der Waals surface area contributed by atoms with E-state index in [-0.39, 0.29) is 11.5 Å². The lowest BCUT2D eigenvalue weighted by Gasteiger charge is -2.01. The molecule has 0 aromatic heterocycles. The van der Waals surface area contributed by atoms with Gasteiger partial charge in [0.1, 0.15) is 5.75 Å². The van der Waals surface area contributed by atoms with Crippen molar-refractivity contribution in [2.75, 3.05) is 0 Å². The SMILES string of the molecule is O=C1CCc2c(O)ccc(Cl)c21. The van der Waals surface area contributed by atoms with Crippen LogP contribution in [0.2, 0.25) is 5.02 Å². The predicted molar refractivity (Wildman–Crippen MR) is 45.8 cm³/mol. The lowest BCUT2D eigenvalue weighted by molar-refractivity contribution is 0.0994. The van der Waals surface area contributed by atoms with Gasteiger partial charge in [0, 0.05) is 17.5 Å². The van der Waals surface area contributed by atoms with E-state index in [9.17, 15) is 9.90 Å². The third kappa shape index (κ3) is 0.916. The van der Waals surface area contributed by atoms with Crippen LogP contribution in [0.3, 0.4) is 0 Å². The van der Waals surface area contributed by atoms with Crippen LogP contribution in [-0.4, -0.2) is 10.9 Å². The molecule has 2 rings (SSSR count). The zero-order valence-corrected chi connectivity index (χ0v) is 7.06. The van der Waals surface area contributed by atoms with E-state index in [0.717, 1.165) is 0 Å². The summed E-state index contributed by atoms with van der Waals surface area (Å²) in [6, 6.07) is 3.08. The Morgan fingerprint density at radius 3 is 2.75 bits per heavy atom. The molecule has 0 unspecified atom stereocenters. The van der Waals surface area contributed by atoms with Crippen LogP contribution in [0.1, 0.15) is 22.3 Å². The Bertz CT molecular complexity index is 358. The lowest BCUT2D eigenvalue weighted by Crippen LogP contribution is -1.92. The van der Waals surface area contributed by atoms with Gasteiger partial charge in [0.25, 0.3) is 0 Å². The predicted octanol–water partition coefficient (Wildman–Crippen LogP) is 2.17. The Balaban J connectivity index is 2.72. The number of phenolic OH excluding ortho intramolecular Hbond substituents is 1. The van der Waals surface area contributed by atoms with Crippen molar-refractivity contribution in [3.63, 3.8) is 0 Å². The van der Waals surface area contributed by atoms with Gasteiger partial charge < -0.3 is 5.11 Å². The maximum atomic E-state index is 11.2. The number of carbonyl (C=O) groups excluding carboxylic acids is 1. The van der Waals surface area contributed by atoms with Crippen LogP contribution in [0, 0.1) is 0 Å². The molecule has 3 heteroatoms. The Hall–Kier alpha value is -1.02. The third-order valence-electron chi connectivity index (χ3n) is 2.12. The topological polar surface area (TPSA) is 37.3 Å². The molecule has 0 saturated carbocycles. The minimum Gasteiger partial charge on any atom is -0.508 e.